The molecule has 0 bridgehead atoms. The first-order chi connectivity index (χ1) is 16.6. The lowest BCUT2D eigenvalue weighted by Gasteiger charge is -2.21. The van der Waals surface area contributed by atoms with Crippen LogP contribution >= 0.6 is 11.3 Å². The molecule has 8 nitrogen and oxygen atoms in total. The van der Waals surface area contributed by atoms with Crippen LogP contribution in [-0.4, -0.2) is 28.6 Å². The molecule has 0 fully saturated rings. The van der Waals surface area contributed by atoms with Gasteiger partial charge in [0, 0.05) is 29.5 Å². The Hall–Kier alpha value is -4.03. The standard InChI is InChI=1S/C25H23N5O3S/c26-13-21-20-8-6-18(16-33-25(32)29-15-19-5-1-2-11-28-19)12-22(20)34-24(21)30-23(31)9-7-17-4-3-10-27-14-17/h1-5,7,9-11,14,18H,6,8,12,15-16H2,(H,29,32)(H,30,31)/b9-7+. The molecule has 1 aliphatic rings. The quantitative estimate of drug-likeness (QED) is 0.499. The van der Waals surface area contributed by atoms with Crippen molar-refractivity contribution >= 4 is 34.4 Å². The maximum atomic E-state index is 12.4. The Morgan fingerprint density at radius 3 is 2.94 bits per heavy atom. The van der Waals surface area contributed by atoms with Crippen LogP contribution in [0.2, 0.25) is 0 Å². The highest BCUT2D eigenvalue weighted by Gasteiger charge is 2.27. The fourth-order valence-electron chi connectivity index (χ4n) is 3.71. The topological polar surface area (TPSA) is 117 Å². The zero-order valence-corrected chi connectivity index (χ0v) is 19.2. The fraction of sp³-hybridized carbons (Fsp3) is 0.240. The number of anilines is 1. The molecule has 172 valence electrons. The van der Waals surface area contributed by atoms with Crippen molar-refractivity contribution in [1.82, 2.24) is 15.3 Å². The van der Waals surface area contributed by atoms with Crippen LogP contribution in [0.25, 0.3) is 6.08 Å². The molecule has 3 aromatic heterocycles. The summed E-state index contributed by atoms with van der Waals surface area (Å²) in [6, 6.07) is 11.4. The molecule has 0 aliphatic heterocycles. The summed E-state index contributed by atoms with van der Waals surface area (Å²) in [5.74, 6) is -0.143. The van der Waals surface area contributed by atoms with Gasteiger partial charge in [0.15, 0.2) is 0 Å². The van der Waals surface area contributed by atoms with Crippen molar-refractivity contribution in [3.8, 4) is 6.07 Å². The lowest BCUT2D eigenvalue weighted by Crippen LogP contribution is -2.28. The van der Waals surface area contributed by atoms with Crippen molar-refractivity contribution in [2.45, 2.75) is 25.8 Å². The number of ether oxygens (including phenoxy) is 1. The Morgan fingerprint density at radius 2 is 2.18 bits per heavy atom. The molecule has 2 amide bonds. The molecule has 0 radical (unpaired) electrons. The van der Waals surface area contributed by atoms with Crippen molar-refractivity contribution in [1.29, 1.82) is 5.26 Å². The lowest BCUT2D eigenvalue weighted by molar-refractivity contribution is -0.111. The van der Waals surface area contributed by atoms with Gasteiger partial charge in [-0.25, -0.2) is 4.79 Å². The molecule has 0 saturated carbocycles. The van der Waals surface area contributed by atoms with E-state index in [1.807, 2.05) is 24.3 Å². The number of nitriles is 1. The molecule has 34 heavy (non-hydrogen) atoms. The summed E-state index contributed by atoms with van der Waals surface area (Å²) in [5, 5.41) is 15.8. The van der Waals surface area contributed by atoms with Gasteiger partial charge in [0.1, 0.15) is 11.1 Å². The second-order valence-electron chi connectivity index (χ2n) is 7.81. The summed E-state index contributed by atoms with van der Waals surface area (Å²) in [4.78, 5) is 33.6. The van der Waals surface area contributed by atoms with E-state index in [4.69, 9.17) is 4.74 Å². The maximum Gasteiger partial charge on any atom is 0.407 e. The Balaban J connectivity index is 1.31. The van der Waals surface area contributed by atoms with E-state index in [9.17, 15) is 14.9 Å². The van der Waals surface area contributed by atoms with Gasteiger partial charge in [0.25, 0.3) is 0 Å². The van der Waals surface area contributed by atoms with Gasteiger partial charge in [0.05, 0.1) is 24.4 Å². The Kier molecular flexibility index (Phi) is 7.63. The number of fused-ring (bicyclic) bond motifs is 1. The molecule has 4 rings (SSSR count). The van der Waals surface area contributed by atoms with E-state index < -0.39 is 6.09 Å². The minimum atomic E-state index is -0.478. The number of nitrogens with one attached hydrogen (secondary N) is 2. The normalized spacial score (nSPS) is 14.7. The molecule has 9 heteroatoms. The van der Waals surface area contributed by atoms with Crippen LogP contribution in [-0.2, 0) is 28.9 Å². The molecule has 3 aromatic rings. The van der Waals surface area contributed by atoms with E-state index in [2.05, 4.69) is 26.7 Å². The fourth-order valence-corrected chi connectivity index (χ4v) is 5.03. The van der Waals surface area contributed by atoms with Crippen molar-refractivity contribution in [2.75, 3.05) is 11.9 Å². The smallest absolute Gasteiger partial charge is 0.407 e. The van der Waals surface area contributed by atoms with Crippen molar-refractivity contribution < 1.29 is 14.3 Å². The van der Waals surface area contributed by atoms with Crippen LogP contribution in [0.15, 0.2) is 55.0 Å². The van der Waals surface area contributed by atoms with E-state index in [0.29, 0.717) is 36.6 Å². The predicted molar refractivity (Wildman–Crippen MR) is 129 cm³/mol. The molecule has 0 aromatic carbocycles. The first-order valence-corrected chi connectivity index (χ1v) is 11.7. The van der Waals surface area contributed by atoms with Crippen LogP contribution < -0.4 is 10.6 Å². The third-order valence-corrected chi connectivity index (χ3v) is 6.59. The molecule has 1 aliphatic carbocycles. The van der Waals surface area contributed by atoms with Crippen LogP contribution in [0, 0.1) is 17.2 Å². The number of nitrogens with zero attached hydrogens (tertiary/aromatic N) is 3. The van der Waals surface area contributed by atoms with Crippen LogP contribution in [0.1, 0.15) is 33.7 Å². The number of hydrogen-bond donors (Lipinski definition) is 2. The number of carbonyl (C=O) groups is 2. The predicted octanol–water partition coefficient (Wildman–Crippen LogP) is 4.09. The van der Waals surface area contributed by atoms with Gasteiger partial charge in [-0.1, -0.05) is 12.1 Å². The molecule has 0 saturated heterocycles. The zero-order chi connectivity index (χ0) is 23.8. The molecule has 2 N–H and O–H groups in total. The lowest BCUT2D eigenvalue weighted by atomic mass is 9.88. The molecular formula is C25H23N5O3S. The van der Waals surface area contributed by atoms with Crippen LogP contribution in [0.3, 0.4) is 0 Å². The first kappa shape index (κ1) is 23.1. The van der Waals surface area contributed by atoms with E-state index >= 15 is 0 Å². The second kappa shape index (κ2) is 11.2. The third-order valence-electron chi connectivity index (χ3n) is 5.42. The first-order valence-electron chi connectivity index (χ1n) is 10.9. The Labute approximate surface area is 201 Å². The minimum Gasteiger partial charge on any atom is -0.449 e. The largest absolute Gasteiger partial charge is 0.449 e. The third kappa shape index (κ3) is 6.05. The van der Waals surface area contributed by atoms with Gasteiger partial charge in [-0.05, 0) is 60.6 Å². The summed E-state index contributed by atoms with van der Waals surface area (Å²) in [6.07, 6.45) is 9.84. The van der Waals surface area contributed by atoms with Gasteiger partial charge in [-0.15, -0.1) is 11.3 Å². The van der Waals surface area contributed by atoms with Gasteiger partial charge in [0.2, 0.25) is 5.91 Å². The summed E-state index contributed by atoms with van der Waals surface area (Å²) >= 11 is 1.42. The zero-order valence-electron chi connectivity index (χ0n) is 18.4. The van der Waals surface area contributed by atoms with Crippen LogP contribution in [0.5, 0.6) is 0 Å². The highest BCUT2D eigenvalue weighted by Crippen LogP contribution is 2.39. The van der Waals surface area contributed by atoms with Crippen molar-refractivity contribution in [3.05, 3.63) is 82.3 Å². The SMILES string of the molecule is N#Cc1c(NC(=O)/C=C/c2cccnc2)sc2c1CCC(COC(=O)NCc1ccccn1)C2. The minimum absolute atomic E-state index is 0.160. The molecule has 1 unspecified atom stereocenters. The van der Waals surface area contributed by atoms with Gasteiger partial charge < -0.3 is 15.4 Å². The maximum absolute atomic E-state index is 12.4. The number of hydrogen-bond acceptors (Lipinski definition) is 7. The van der Waals surface area contributed by atoms with Crippen molar-refractivity contribution in [2.24, 2.45) is 5.92 Å². The Bertz CT molecular complexity index is 1220. The van der Waals surface area contributed by atoms with Crippen LogP contribution in [0.4, 0.5) is 9.80 Å². The number of rotatable bonds is 7. The average molecular weight is 474 g/mol. The van der Waals surface area contributed by atoms with E-state index in [1.165, 1.54) is 17.4 Å². The Morgan fingerprint density at radius 1 is 1.26 bits per heavy atom. The number of aromatic nitrogens is 2. The molecule has 0 spiro atoms. The second-order valence-corrected chi connectivity index (χ2v) is 8.92. The number of thiophene rings is 1. The number of carbonyl (C=O) groups excluding carboxylic acids is 2. The van der Waals surface area contributed by atoms with E-state index in [0.717, 1.165) is 28.1 Å². The summed E-state index contributed by atoms with van der Waals surface area (Å²) < 4.78 is 5.40. The molecule has 3 heterocycles. The highest BCUT2D eigenvalue weighted by molar-refractivity contribution is 7.16. The summed E-state index contributed by atoms with van der Waals surface area (Å²) in [5.41, 5.74) is 3.08. The number of alkyl carbamates (subject to hydrolysis) is 1. The van der Waals surface area contributed by atoms with Gasteiger partial charge in [-0.3, -0.25) is 14.8 Å². The molecule has 1 atom stereocenters. The average Bonchev–Trinajstić information content (AvgIpc) is 3.22. The van der Waals surface area contributed by atoms with E-state index in [-0.39, 0.29) is 11.8 Å². The van der Waals surface area contributed by atoms with E-state index in [1.54, 1.807) is 30.7 Å². The van der Waals surface area contributed by atoms with Crippen molar-refractivity contribution in [3.63, 3.8) is 0 Å². The van der Waals surface area contributed by atoms with Gasteiger partial charge >= 0.3 is 6.09 Å². The number of pyridine rings is 2. The van der Waals surface area contributed by atoms with Gasteiger partial charge in [-0.2, -0.15) is 5.26 Å². The summed E-state index contributed by atoms with van der Waals surface area (Å²) in [6.45, 7) is 0.603. The summed E-state index contributed by atoms with van der Waals surface area (Å²) in [7, 11) is 0. The monoisotopic (exact) mass is 473 g/mol. The number of amides is 2. The molecular weight excluding hydrogens is 450 g/mol. The highest BCUT2D eigenvalue weighted by atomic mass is 32.1.